The van der Waals surface area contributed by atoms with Gasteiger partial charge in [0.1, 0.15) is 17.3 Å². The van der Waals surface area contributed by atoms with Crippen LogP contribution >= 0.6 is 0 Å². The van der Waals surface area contributed by atoms with Crippen molar-refractivity contribution in [2.24, 2.45) is 5.10 Å². The molecule has 0 spiro atoms. The molecule has 3 aromatic rings. The van der Waals surface area contributed by atoms with E-state index in [0.29, 0.717) is 22.6 Å². The van der Waals surface area contributed by atoms with Gasteiger partial charge in [-0.05, 0) is 30.3 Å². The molecule has 0 atom stereocenters. The summed E-state index contributed by atoms with van der Waals surface area (Å²) >= 11 is 0. The van der Waals surface area contributed by atoms with Gasteiger partial charge < -0.3 is 9.52 Å². The monoisotopic (exact) mass is 352 g/mol. The van der Waals surface area contributed by atoms with Crippen molar-refractivity contribution in [1.29, 1.82) is 0 Å². The van der Waals surface area contributed by atoms with Gasteiger partial charge in [-0.1, -0.05) is 0 Å². The summed E-state index contributed by atoms with van der Waals surface area (Å²) in [7, 11) is 0. The van der Waals surface area contributed by atoms with Gasteiger partial charge in [0.2, 0.25) is 0 Å². The van der Waals surface area contributed by atoms with Crippen LogP contribution in [-0.4, -0.2) is 27.1 Å². The summed E-state index contributed by atoms with van der Waals surface area (Å²) in [4.78, 5) is 25.7. The first-order chi connectivity index (χ1) is 12.5. The second-order valence-electron chi connectivity index (χ2n) is 5.10. The first-order valence-electron chi connectivity index (χ1n) is 7.35. The van der Waals surface area contributed by atoms with Crippen molar-refractivity contribution in [3.8, 4) is 17.1 Å². The Kier molecular flexibility index (Phi) is 4.70. The van der Waals surface area contributed by atoms with E-state index in [1.807, 2.05) is 0 Å². The average Bonchev–Trinajstić information content (AvgIpc) is 3.10. The molecule has 1 aromatic carbocycles. The van der Waals surface area contributed by atoms with Crippen molar-refractivity contribution < 1.29 is 19.2 Å². The third kappa shape index (κ3) is 3.73. The molecule has 0 aliphatic heterocycles. The number of carbonyl (C=O) groups is 1. The highest BCUT2D eigenvalue weighted by Gasteiger charge is 2.14. The van der Waals surface area contributed by atoms with Crippen LogP contribution in [0.4, 0.5) is 5.69 Å². The van der Waals surface area contributed by atoms with Gasteiger partial charge in [-0.25, -0.2) is 5.43 Å². The number of rotatable bonds is 5. The molecule has 0 radical (unpaired) electrons. The number of nitro groups is 1. The topological polar surface area (TPSA) is 131 Å². The number of hydrogen-bond donors (Lipinski definition) is 2. The fraction of sp³-hybridized carbons (Fsp3) is 0. The Morgan fingerprint density at radius 3 is 2.69 bits per heavy atom. The number of hydrogen-bond acceptors (Lipinski definition) is 7. The number of hydrazone groups is 1. The third-order valence-electron chi connectivity index (χ3n) is 3.38. The molecule has 2 N–H and O–H groups in total. The van der Waals surface area contributed by atoms with E-state index in [1.54, 1.807) is 24.3 Å². The van der Waals surface area contributed by atoms with Crippen LogP contribution < -0.4 is 5.43 Å². The first-order valence-corrected chi connectivity index (χ1v) is 7.35. The van der Waals surface area contributed by atoms with Crippen LogP contribution in [0.1, 0.15) is 16.1 Å². The first kappa shape index (κ1) is 16.8. The molecule has 2 heterocycles. The molecule has 9 nitrogen and oxygen atoms in total. The van der Waals surface area contributed by atoms with Gasteiger partial charge in [0.15, 0.2) is 0 Å². The lowest BCUT2D eigenvalue weighted by Crippen LogP contribution is -2.17. The second-order valence-corrected chi connectivity index (χ2v) is 5.10. The Balaban J connectivity index is 1.70. The number of aromatic hydroxyl groups is 1. The number of nitrogens with zero attached hydrogens (tertiary/aromatic N) is 3. The molecule has 0 bridgehead atoms. The van der Waals surface area contributed by atoms with Gasteiger partial charge >= 0.3 is 0 Å². The van der Waals surface area contributed by atoms with Crippen molar-refractivity contribution in [3.63, 3.8) is 0 Å². The molecule has 0 saturated carbocycles. The van der Waals surface area contributed by atoms with Crippen LogP contribution in [0.3, 0.4) is 0 Å². The maximum absolute atomic E-state index is 11.8. The minimum atomic E-state index is -0.602. The number of nitro benzene ring substituents is 1. The minimum absolute atomic E-state index is 0.224. The van der Waals surface area contributed by atoms with Gasteiger partial charge in [-0.15, -0.1) is 0 Å². The highest BCUT2D eigenvalue weighted by atomic mass is 16.6. The van der Waals surface area contributed by atoms with E-state index in [4.69, 9.17) is 4.42 Å². The Morgan fingerprint density at radius 2 is 2.00 bits per heavy atom. The Bertz CT molecular complexity index is 982. The van der Waals surface area contributed by atoms with E-state index >= 15 is 0 Å². The molecule has 0 aliphatic rings. The summed E-state index contributed by atoms with van der Waals surface area (Å²) in [6.45, 7) is 0. The van der Waals surface area contributed by atoms with Gasteiger partial charge in [0.05, 0.1) is 22.8 Å². The SMILES string of the molecule is O=C(N/N=C\c1ccc(-c2ccc([N+](=O)[O-])cc2O)o1)c1ccncc1. The number of nitrogens with one attached hydrogen (secondary N) is 1. The predicted molar refractivity (Wildman–Crippen MR) is 91.8 cm³/mol. The molecule has 1 amide bonds. The highest BCUT2D eigenvalue weighted by Crippen LogP contribution is 2.33. The summed E-state index contributed by atoms with van der Waals surface area (Å²) in [5.74, 6) is -0.0430. The van der Waals surface area contributed by atoms with Crippen LogP contribution in [0, 0.1) is 10.1 Å². The average molecular weight is 352 g/mol. The summed E-state index contributed by atoms with van der Waals surface area (Å²) in [6, 6.07) is 9.95. The zero-order valence-electron chi connectivity index (χ0n) is 13.2. The third-order valence-corrected chi connectivity index (χ3v) is 3.38. The summed E-state index contributed by atoms with van der Waals surface area (Å²) in [5.41, 5.74) is 2.83. The number of non-ortho nitro benzene ring substituents is 1. The number of phenols is 1. The highest BCUT2D eigenvalue weighted by molar-refractivity contribution is 5.94. The normalized spacial score (nSPS) is 10.8. The van der Waals surface area contributed by atoms with Crippen LogP contribution in [0.25, 0.3) is 11.3 Å². The fourth-order valence-electron chi connectivity index (χ4n) is 2.13. The van der Waals surface area contributed by atoms with Crippen LogP contribution in [0.15, 0.2) is 64.4 Å². The zero-order valence-corrected chi connectivity index (χ0v) is 13.2. The smallest absolute Gasteiger partial charge is 0.273 e. The lowest BCUT2D eigenvalue weighted by Gasteiger charge is -2.01. The van der Waals surface area contributed by atoms with Gasteiger partial charge in [0, 0.05) is 24.0 Å². The van der Waals surface area contributed by atoms with Crippen molar-refractivity contribution in [2.75, 3.05) is 0 Å². The molecule has 0 saturated heterocycles. The van der Waals surface area contributed by atoms with Crippen LogP contribution in [-0.2, 0) is 0 Å². The molecule has 0 fully saturated rings. The summed E-state index contributed by atoms with van der Waals surface area (Å²) < 4.78 is 5.50. The standard InChI is InChI=1S/C17H12N4O5/c22-15-9-12(21(24)25)1-3-14(15)16-4-2-13(26-16)10-19-20-17(23)11-5-7-18-8-6-11/h1-10,22H,(H,20,23)/b19-10-. The Morgan fingerprint density at radius 1 is 1.23 bits per heavy atom. The van der Waals surface area contributed by atoms with E-state index in [0.717, 1.165) is 6.07 Å². The fourth-order valence-corrected chi connectivity index (χ4v) is 2.13. The zero-order chi connectivity index (χ0) is 18.5. The Hall–Kier alpha value is -4.01. The molecule has 130 valence electrons. The molecule has 2 aromatic heterocycles. The molecular weight excluding hydrogens is 340 g/mol. The minimum Gasteiger partial charge on any atom is -0.507 e. The molecule has 0 unspecified atom stereocenters. The summed E-state index contributed by atoms with van der Waals surface area (Å²) in [5, 5.41) is 24.4. The predicted octanol–water partition coefficient (Wildman–Crippen LogP) is 2.72. The second kappa shape index (κ2) is 7.26. The van der Waals surface area contributed by atoms with E-state index < -0.39 is 10.8 Å². The van der Waals surface area contributed by atoms with E-state index in [1.165, 1.54) is 30.7 Å². The lowest BCUT2D eigenvalue weighted by molar-refractivity contribution is -0.384. The van der Waals surface area contributed by atoms with Crippen molar-refractivity contribution in [3.05, 3.63) is 76.3 Å². The number of carbonyl (C=O) groups excluding carboxylic acids is 1. The van der Waals surface area contributed by atoms with E-state index in [9.17, 15) is 20.0 Å². The molecule has 9 heteroatoms. The molecule has 3 rings (SSSR count). The molecule has 0 aliphatic carbocycles. The van der Waals surface area contributed by atoms with Gasteiger partial charge in [-0.2, -0.15) is 5.10 Å². The van der Waals surface area contributed by atoms with Crippen molar-refractivity contribution in [1.82, 2.24) is 10.4 Å². The number of amides is 1. The van der Waals surface area contributed by atoms with Crippen molar-refractivity contribution >= 4 is 17.8 Å². The number of furan rings is 1. The van der Waals surface area contributed by atoms with Crippen LogP contribution in [0.2, 0.25) is 0 Å². The van der Waals surface area contributed by atoms with E-state index in [2.05, 4.69) is 15.5 Å². The van der Waals surface area contributed by atoms with Gasteiger partial charge in [-0.3, -0.25) is 19.9 Å². The van der Waals surface area contributed by atoms with Crippen LogP contribution in [0.5, 0.6) is 5.75 Å². The maximum atomic E-state index is 11.8. The number of aromatic nitrogens is 1. The number of phenolic OH excluding ortho intramolecular Hbond substituents is 1. The lowest BCUT2D eigenvalue weighted by atomic mass is 10.1. The summed E-state index contributed by atoms with van der Waals surface area (Å²) in [6.07, 6.45) is 4.28. The maximum Gasteiger partial charge on any atom is 0.273 e. The Labute approximate surface area is 146 Å². The number of pyridine rings is 1. The van der Waals surface area contributed by atoms with Crippen molar-refractivity contribution in [2.45, 2.75) is 0 Å². The number of benzene rings is 1. The largest absolute Gasteiger partial charge is 0.507 e. The molecule has 26 heavy (non-hydrogen) atoms. The van der Waals surface area contributed by atoms with E-state index in [-0.39, 0.29) is 11.4 Å². The van der Waals surface area contributed by atoms with Gasteiger partial charge in [0.25, 0.3) is 11.6 Å². The quantitative estimate of drug-likeness (QED) is 0.412. The molecular formula is C17H12N4O5.